The number of hydrogen-bond acceptors (Lipinski definition) is 1. The van der Waals surface area contributed by atoms with E-state index < -0.39 is 0 Å². The van der Waals surface area contributed by atoms with Gasteiger partial charge in [-0.25, -0.2) is 0 Å². The molecule has 3 aromatic carbocycles. The molecule has 2 heteroatoms. The molecule has 1 aromatic heterocycles. The highest BCUT2D eigenvalue weighted by Gasteiger charge is 2.16. The van der Waals surface area contributed by atoms with Crippen LogP contribution >= 0.6 is 0 Å². The maximum Gasteiger partial charge on any atom is 0.124 e. The maximum absolute atomic E-state index is 10.5. The number of hydrogen-bond donors (Lipinski definition) is 2. The predicted molar refractivity (Wildman–Crippen MR) is 87.6 cm³/mol. The Morgan fingerprint density at radius 3 is 2.33 bits per heavy atom. The zero-order chi connectivity index (χ0) is 14.4. The fourth-order valence-corrected chi connectivity index (χ4v) is 3.12. The fourth-order valence-electron chi connectivity index (χ4n) is 3.12. The number of aromatic hydroxyl groups is 1. The van der Waals surface area contributed by atoms with E-state index in [2.05, 4.69) is 36.2 Å². The lowest BCUT2D eigenvalue weighted by Gasteiger charge is -2.10. The lowest BCUT2D eigenvalue weighted by Crippen LogP contribution is -1.84. The van der Waals surface area contributed by atoms with Crippen LogP contribution in [0.3, 0.4) is 0 Å². The summed E-state index contributed by atoms with van der Waals surface area (Å²) >= 11 is 0. The third kappa shape index (κ3) is 1.73. The summed E-state index contributed by atoms with van der Waals surface area (Å²) in [7, 11) is 0. The minimum Gasteiger partial charge on any atom is -0.507 e. The number of phenolic OH excluding ortho intramolecular Hbond substituents is 1. The van der Waals surface area contributed by atoms with Crippen molar-refractivity contribution in [3.63, 3.8) is 0 Å². The molecule has 0 unspecified atom stereocenters. The molecule has 4 rings (SSSR count). The van der Waals surface area contributed by atoms with Gasteiger partial charge >= 0.3 is 0 Å². The zero-order valence-electron chi connectivity index (χ0n) is 11.7. The number of rotatable bonds is 1. The van der Waals surface area contributed by atoms with Crippen LogP contribution in [0.25, 0.3) is 32.8 Å². The van der Waals surface area contributed by atoms with Gasteiger partial charge in [0.25, 0.3) is 0 Å². The number of phenols is 1. The van der Waals surface area contributed by atoms with Crippen LogP contribution in [0.1, 0.15) is 5.69 Å². The molecular formula is C19H15NO. The highest BCUT2D eigenvalue weighted by atomic mass is 16.3. The second-order valence-electron chi connectivity index (χ2n) is 5.35. The molecule has 21 heavy (non-hydrogen) atoms. The van der Waals surface area contributed by atoms with Crippen molar-refractivity contribution in [1.82, 2.24) is 4.98 Å². The maximum atomic E-state index is 10.5. The Labute approximate surface area is 122 Å². The Hall–Kier alpha value is -2.74. The topological polar surface area (TPSA) is 36.0 Å². The average Bonchev–Trinajstić information content (AvgIpc) is 2.83. The number of aromatic amines is 1. The van der Waals surface area contributed by atoms with Crippen LogP contribution < -0.4 is 0 Å². The Morgan fingerprint density at radius 1 is 0.762 bits per heavy atom. The number of nitrogens with one attached hydrogen (secondary N) is 1. The van der Waals surface area contributed by atoms with Crippen molar-refractivity contribution in [2.24, 2.45) is 0 Å². The highest BCUT2D eigenvalue weighted by molar-refractivity contribution is 6.08. The number of aromatic nitrogens is 1. The number of benzene rings is 3. The van der Waals surface area contributed by atoms with E-state index in [-0.39, 0.29) is 0 Å². The van der Waals surface area contributed by atoms with Gasteiger partial charge in [-0.3, -0.25) is 0 Å². The van der Waals surface area contributed by atoms with Gasteiger partial charge in [0, 0.05) is 27.7 Å². The van der Waals surface area contributed by atoms with Crippen molar-refractivity contribution in [1.29, 1.82) is 0 Å². The van der Waals surface area contributed by atoms with Crippen LogP contribution in [-0.4, -0.2) is 10.1 Å². The molecule has 102 valence electrons. The van der Waals surface area contributed by atoms with Crippen molar-refractivity contribution in [3.8, 4) is 16.9 Å². The lowest BCUT2D eigenvalue weighted by molar-refractivity contribution is 0.478. The van der Waals surface area contributed by atoms with Gasteiger partial charge in [0.05, 0.1) is 0 Å². The summed E-state index contributed by atoms with van der Waals surface area (Å²) in [6.07, 6.45) is 0. The number of para-hydroxylation sites is 1. The van der Waals surface area contributed by atoms with Crippen molar-refractivity contribution < 1.29 is 5.11 Å². The molecule has 0 saturated carbocycles. The van der Waals surface area contributed by atoms with Gasteiger partial charge < -0.3 is 10.1 Å². The van der Waals surface area contributed by atoms with Crippen LogP contribution in [0.2, 0.25) is 0 Å². The molecule has 2 N–H and O–H groups in total. The first kappa shape index (κ1) is 12.0. The summed E-state index contributed by atoms with van der Waals surface area (Å²) < 4.78 is 0. The molecule has 0 radical (unpaired) electrons. The smallest absolute Gasteiger partial charge is 0.124 e. The third-order valence-corrected chi connectivity index (χ3v) is 4.05. The van der Waals surface area contributed by atoms with E-state index in [4.69, 9.17) is 0 Å². The quantitative estimate of drug-likeness (QED) is 0.503. The van der Waals surface area contributed by atoms with Crippen LogP contribution in [0.15, 0.2) is 60.7 Å². The van der Waals surface area contributed by atoms with E-state index >= 15 is 0 Å². The van der Waals surface area contributed by atoms with Crippen LogP contribution in [0, 0.1) is 6.92 Å². The SMILES string of the molecule is Cc1[nH]c2ccccc2c1-c1c(O)ccc2ccccc12. The molecule has 0 bridgehead atoms. The second-order valence-corrected chi connectivity index (χ2v) is 5.35. The summed E-state index contributed by atoms with van der Waals surface area (Å²) in [5.41, 5.74) is 4.16. The number of H-pyrrole nitrogens is 1. The van der Waals surface area contributed by atoms with Gasteiger partial charge in [-0.05, 0) is 29.8 Å². The first-order valence-corrected chi connectivity index (χ1v) is 7.04. The summed E-state index contributed by atoms with van der Waals surface area (Å²) in [6.45, 7) is 2.05. The van der Waals surface area contributed by atoms with E-state index in [1.54, 1.807) is 6.07 Å². The van der Waals surface area contributed by atoms with E-state index in [1.165, 1.54) is 0 Å². The van der Waals surface area contributed by atoms with Crippen molar-refractivity contribution >= 4 is 21.7 Å². The van der Waals surface area contributed by atoms with Crippen LogP contribution in [-0.2, 0) is 0 Å². The monoisotopic (exact) mass is 273 g/mol. The molecule has 0 spiro atoms. The van der Waals surface area contributed by atoms with Crippen molar-refractivity contribution in [2.45, 2.75) is 6.92 Å². The molecule has 0 atom stereocenters. The molecule has 0 aliphatic rings. The predicted octanol–water partition coefficient (Wildman–Crippen LogP) is 5.00. The van der Waals surface area contributed by atoms with Gasteiger partial charge in [-0.2, -0.15) is 0 Å². The molecule has 1 heterocycles. The molecule has 2 nitrogen and oxygen atoms in total. The Morgan fingerprint density at radius 2 is 1.48 bits per heavy atom. The number of fused-ring (bicyclic) bond motifs is 2. The molecule has 0 saturated heterocycles. The van der Waals surface area contributed by atoms with Crippen molar-refractivity contribution in [3.05, 3.63) is 66.4 Å². The van der Waals surface area contributed by atoms with Gasteiger partial charge in [-0.1, -0.05) is 48.5 Å². The summed E-state index contributed by atoms with van der Waals surface area (Å²) in [5, 5.41) is 13.8. The normalized spacial score (nSPS) is 11.3. The first-order valence-electron chi connectivity index (χ1n) is 7.04. The molecule has 4 aromatic rings. The summed E-state index contributed by atoms with van der Waals surface area (Å²) in [4.78, 5) is 3.41. The first-order chi connectivity index (χ1) is 10.3. The van der Waals surface area contributed by atoms with Gasteiger partial charge in [0.2, 0.25) is 0 Å². The van der Waals surface area contributed by atoms with Gasteiger partial charge in [0.15, 0.2) is 0 Å². The van der Waals surface area contributed by atoms with E-state index in [1.807, 2.05) is 30.3 Å². The van der Waals surface area contributed by atoms with Crippen LogP contribution in [0.5, 0.6) is 5.75 Å². The van der Waals surface area contributed by atoms with Gasteiger partial charge in [0.1, 0.15) is 5.75 Å². The lowest BCUT2D eigenvalue weighted by atomic mass is 9.95. The minimum atomic E-state index is 0.321. The van der Waals surface area contributed by atoms with Gasteiger partial charge in [-0.15, -0.1) is 0 Å². The molecule has 0 fully saturated rings. The Bertz CT molecular complexity index is 966. The Kier molecular flexibility index (Phi) is 2.51. The molecule has 0 aliphatic heterocycles. The fraction of sp³-hybridized carbons (Fsp3) is 0.0526. The standard InChI is InChI=1S/C19H15NO/c1-12-18(15-8-4-5-9-16(15)20-12)19-14-7-3-2-6-13(14)10-11-17(19)21/h2-11,20-21H,1H3. The molecule has 0 amide bonds. The zero-order valence-corrected chi connectivity index (χ0v) is 11.7. The van der Waals surface area contributed by atoms with E-state index in [0.717, 1.165) is 38.5 Å². The van der Waals surface area contributed by atoms with E-state index in [9.17, 15) is 5.11 Å². The summed E-state index contributed by atoms with van der Waals surface area (Å²) in [5.74, 6) is 0.321. The van der Waals surface area contributed by atoms with E-state index in [0.29, 0.717) is 5.75 Å². The molecular weight excluding hydrogens is 258 g/mol. The minimum absolute atomic E-state index is 0.321. The number of aryl methyl sites for hydroxylation is 1. The summed E-state index contributed by atoms with van der Waals surface area (Å²) in [6, 6.07) is 20.1. The molecule has 0 aliphatic carbocycles. The highest BCUT2D eigenvalue weighted by Crippen LogP contribution is 2.41. The largest absolute Gasteiger partial charge is 0.507 e. The van der Waals surface area contributed by atoms with Crippen molar-refractivity contribution in [2.75, 3.05) is 0 Å². The van der Waals surface area contributed by atoms with Crippen LogP contribution in [0.4, 0.5) is 0 Å². The second kappa shape index (κ2) is 4.38. The third-order valence-electron chi connectivity index (χ3n) is 4.05. The Balaban J connectivity index is 2.19. The average molecular weight is 273 g/mol.